The Balaban J connectivity index is 1.12. The molecule has 1 aromatic heterocycles. The van der Waals surface area contributed by atoms with Crippen LogP contribution < -0.4 is 4.90 Å². The molecular weight excluding hydrogens is 749 g/mol. The number of hydrogen-bond acceptors (Lipinski definition) is 1. The second-order valence-corrected chi connectivity index (χ2v) is 16.1. The van der Waals surface area contributed by atoms with Crippen molar-refractivity contribution >= 4 is 71.2 Å². The van der Waals surface area contributed by atoms with Crippen LogP contribution in [0, 0.1) is 0 Å². The third kappa shape index (κ3) is 5.96. The van der Waals surface area contributed by atoms with Crippen molar-refractivity contribution in [3.05, 3.63) is 243 Å². The van der Waals surface area contributed by atoms with Gasteiger partial charge in [-0.25, -0.2) is 0 Å². The number of hydrogen-bond donors (Lipinski definition) is 0. The van der Waals surface area contributed by atoms with E-state index in [1.807, 2.05) is 0 Å². The second-order valence-electron chi connectivity index (χ2n) is 16.1. The van der Waals surface area contributed by atoms with E-state index in [-0.39, 0.29) is 0 Å². The van der Waals surface area contributed by atoms with E-state index in [0.29, 0.717) is 0 Å². The molecule has 0 radical (unpaired) electrons. The highest BCUT2D eigenvalue weighted by Crippen LogP contribution is 2.47. The first-order chi connectivity index (χ1) is 30.8. The molecular formula is C60H40N2. The summed E-state index contributed by atoms with van der Waals surface area (Å²) in [5.74, 6) is 0. The molecule has 0 saturated carbocycles. The van der Waals surface area contributed by atoms with Crippen molar-refractivity contribution in [2.24, 2.45) is 0 Å². The molecule has 290 valence electrons. The Morgan fingerprint density at radius 2 is 0.839 bits per heavy atom. The monoisotopic (exact) mass is 788 g/mol. The lowest BCUT2D eigenvalue weighted by Gasteiger charge is -2.30. The molecule has 0 aliphatic carbocycles. The zero-order valence-electron chi connectivity index (χ0n) is 34.0. The van der Waals surface area contributed by atoms with Gasteiger partial charge >= 0.3 is 0 Å². The van der Waals surface area contributed by atoms with Crippen molar-refractivity contribution < 1.29 is 0 Å². The first-order valence-electron chi connectivity index (χ1n) is 21.3. The molecule has 0 aliphatic heterocycles. The van der Waals surface area contributed by atoms with Gasteiger partial charge < -0.3 is 9.47 Å². The predicted octanol–water partition coefficient (Wildman–Crippen LogP) is 16.7. The molecule has 0 N–H and O–H groups in total. The van der Waals surface area contributed by atoms with Crippen molar-refractivity contribution in [3.63, 3.8) is 0 Å². The number of fused-ring (bicyclic) bond motifs is 7. The van der Waals surface area contributed by atoms with Gasteiger partial charge in [0, 0.05) is 33.1 Å². The zero-order valence-corrected chi connectivity index (χ0v) is 34.0. The lowest BCUT2D eigenvalue weighted by atomic mass is 9.94. The number of benzene rings is 11. The van der Waals surface area contributed by atoms with Crippen LogP contribution in [0.2, 0.25) is 0 Å². The molecule has 0 saturated heterocycles. The molecule has 11 aromatic carbocycles. The van der Waals surface area contributed by atoms with Gasteiger partial charge in [0.25, 0.3) is 0 Å². The zero-order chi connectivity index (χ0) is 41.0. The van der Waals surface area contributed by atoms with Gasteiger partial charge in [0.1, 0.15) is 0 Å². The van der Waals surface area contributed by atoms with Crippen LogP contribution in [0.3, 0.4) is 0 Å². The van der Waals surface area contributed by atoms with E-state index in [0.717, 1.165) is 39.4 Å². The molecule has 62 heavy (non-hydrogen) atoms. The molecule has 0 fully saturated rings. The van der Waals surface area contributed by atoms with E-state index < -0.39 is 0 Å². The molecule has 0 spiro atoms. The maximum Gasteiger partial charge on any atom is 0.0546 e. The van der Waals surface area contributed by atoms with Gasteiger partial charge in [-0.2, -0.15) is 0 Å². The molecule has 12 aromatic rings. The van der Waals surface area contributed by atoms with E-state index >= 15 is 0 Å². The normalized spacial score (nSPS) is 11.5. The molecule has 0 amide bonds. The summed E-state index contributed by atoms with van der Waals surface area (Å²) in [4.78, 5) is 2.50. The van der Waals surface area contributed by atoms with Crippen LogP contribution in [0.15, 0.2) is 243 Å². The molecule has 2 nitrogen and oxygen atoms in total. The van der Waals surface area contributed by atoms with Crippen molar-refractivity contribution in [2.45, 2.75) is 0 Å². The van der Waals surface area contributed by atoms with Gasteiger partial charge in [-0.15, -0.1) is 0 Å². The Labute approximate surface area is 360 Å². The smallest absolute Gasteiger partial charge is 0.0546 e. The van der Waals surface area contributed by atoms with E-state index in [4.69, 9.17) is 0 Å². The summed E-state index contributed by atoms with van der Waals surface area (Å²) in [5.41, 5.74) is 13.9. The largest absolute Gasteiger partial charge is 0.309 e. The Morgan fingerprint density at radius 3 is 1.60 bits per heavy atom. The first-order valence-corrected chi connectivity index (χ1v) is 21.3. The van der Waals surface area contributed by atoms with Gasteiger partial charge in [0.15, 0.2) is 0 Å². The Morgan fingerprint density at radius 1 is 0.274 bits per heavy atom. The number of nitrogens with zero attached hydrogens (tertiary/aromatic N) is 2. The van der Waals surface area contributed by atoms with Gasteiger partial charge in [-0.1, -0.05) is 194 Å². The standard InChI is InChI=1S/C60H40N2/c1-2-16-41(17-3-1)44-34-37-52(45-21-14-22-48(38-45)62-57-30-12-10-27-55(57)56-28-11-13-31-58(56)62)59(39-44)61(60-40-46-19-5-7-24-51(46)53-25-8-9-26-54(53)60)47-35-32-43(33-36-47)50-29-15-20-42-18-4-6-23-49(42)50/h1-40H. The number of anilines is 3. The summed E-state index contributed by atoms with van der Waals surface area (Å²) >= 11 is 0. The first kappa shape index (κ1) is 35.7. The van der Waals surface area contributed by atoms with Gasteiger partial charge in [-0.05, 0) is 103 Å². The fourth-order valence-electron chi connectivity index (χ4n) is 9.68. The summed E-state index contributed by atoms with van der Waals surface area (Å²) in [7, 11) is 0. The molecule has 2 heteroatoms. The van der Waals surface area contributed by atoms with Crippen LogP contribution >= 0.6 is 0 Å². The van der Waals surface area contributed by atoms with Crippen molar-refractivity contribution in [1.82, 2.24) is 4.57 Å². The summed E-state index contributed by atoms with van der Waals surface area (Å²) in [6, 6.07) is 88.7. The summed E-state index contributed by atoms with van der Waals surface area (Å²) < 4.78 is 2.41. The van der Waals surface area contributed by atoms with Gasteiger partial charge in [0.2, 0.25) is 0 Å². The average Bonchev–Trinajstić information content (AvgIpc) is 3.69. The van der Waals surface area contributed by atoms with Crippen molar-refractivity contribution in [1.29, 1.82) is 0 Å². The summed E-state index contributed by atoms with van der Waals surface area (Å²) in [6.45, 7) is 0. The maximum atomic E-state index is 2.50. The Bertz CT molecular complexity index is 3580. The highest BCUT2D eigenvalue weighted by atomic mass is 15.1. The van der Waals surface area contributed by atoms with Crippen LogP contribution in [0.25, 0.3) is 93.2 Å². The number of rotatable bonds is 7. The van der Waals surface area contributed by atoms with Crippen LogP contribution in [0.4, 0.5) is 17.1 Å². The Hall–Kier alpha value is -8.20. The predicted molar refractivity (Wildman–Crippen MR) is 264 cm³/mol. The average molecular weight is 789 g/mol. The summed E-state index contributed by atoms with van der Waals surface area (Å²) in [5, 5.41) is 9.87. The summed E-state index contributed by atoms with van der Waals surface area (Å²) in [6.07, 6.45) is 0. The molecule has 0 bridgehead atoms. The van der Waals surface area contributed by atoms with Crippen LogP contribution in [0.5, 0.6) is 0 Å². The lowest BCUT2D eigenvalue weighted by molar-refractivity contribution is 1.18. The van der Waals surface area contributed by atoms with Crippen LogP contribution in [-0.2, 0) is 0 Å². The molecule has 0 unspecified atom stereocenters. The van der Waals surface area contributed by atoms with E-state index in [2.05, 4.69) is 252 Å². The third-order valence-corrected chi connectivity index (χ3v) is 12.6. The van der Waals surface area contributed by atoms with Crippen molar-refractivity contribution in [3.8, 4) is 39.1 Å². The van der Waals surface area contributed by atoms with E-state index in [9.17, 15) is 0 Å². The van der Waals surface area contributed by atoms with Crippen LogP contribution in [-0.4, -0.2) is 4.57 Å². The van der Waals surface area contributed by atoms with Gasteiger partial charge in [-0.3, -0.25) is 0 Å². The number of para-hydroxylation sites is 2. The molecule has 1 heterocycles. The minimum atomic E-state index is 1.08. The highest BCUT2D eigenvalue weighted by molar-refractivity contribution is 6.15. The quantitative estimate of drug-likeness (QED) is 0.146. The molecule has 0 atom stereocenters. The topological polar surface area (TPSA) is 8.17 Å². The fraction of sp³-hybridized carbons (Fsp3) is 0. The van der Waals surface area contributed by atoms with Crippen molar-refractivity contribution in [2.75, 3.05) is 4.90 Å². The lowest BCUT2D eigenvalue weighted by Crippen LogP contribution is -2.12. The van der Waals surface area contributed by atoms with E-state index in [1.54, 1.807) is 0 Å². The maximum absolute atomic E-state index is 2.50. The highest BCUT2D eigenvalue weighted by Gasteiger charge is 2.23. The number of aromatic nitrogens is 1. The van der Waals surface area contributed by atoms with E-state index in [1.165, 1.54) is 70.8 Å². The van der Waals surface area contributed by atoms with Gasteiger partial charge in [0.05, 0.1) is 22.4 Å². The SMILES string of the molecule is c1ccc(-c2ccc(-c3cccc(-n4c5ccccc5c5ccccc54)c3)c(N(c3ccc(-c4cccc5ccccc45)cc3)c3cc4ccccc4c4ccccc34)c2)cc1. The molecule has 12 rings (SSSR count). The second kappa shape index (κ2) is 14.8. The van der Waals surface area contributed by atoms with Crippen LogP contribution in [0.1, 0.15) is 0 Å². The molecule has 0 aliphatic rings. The minimum Gasteiger partial charge on any atom is -0.309 e. The third-order valence-electron chi connectivity index (χ3n) is 12.6. The fourth-order valence-corrected chi connectivity index (χ4v) is 9.68. The Kier molecular flexibility index (Phi) is 8.53. The minimum absolute atomic E-state index is 1.08.